The Morgan fingerprint density at radius 2 is 2.04 bits per heavy atom. The van der Waals surface area contributed by atoms with Crippen LogP contribution in [0.4, 0.5) is 0 Å². The smallest absolute Gasteiger partial charge is 0.193 e. The van der Waals surface area contributed by atoms with E-state index in [0.717, 1.165) is 4.47 Å². The number of hydrogen-bond acceptors (Lipinski definition) is 3. The van der Waals surface area contributed by atoms with Gasteiger partial charge in [-0.1, -0.05) is 33.6 Å². The van der Waals surface area contributed by atoms with Gasteiger partial charge in [0.25, 0.3) is 0 Å². The molecule has 0 aliphatic heterocycles. The summed E-state index contributed by atoms with van der Waals surface area (Å²) in [4.78, 5) is 12.3. The first kappa shape index (κ1) is 16.1. The van der Waals surface area contributed by atoms with Crippen molar-refractivity contribution in [2.45, 2.75) is 6.42 Å². The zero-order valence-electron chi connectivity index (χ0n) is 12.1. The van der Waals surface area contributed by atoms with E-state index in [1.165, 1.54) is 6.07 Å². The monoisotopic (exact) mass is 391 g/mol. The topological polar surface area (TPSA) is 39.4 Å². The van der Waals surface area contributed by atoms with E-state index in [-0.39, 0.29) is 5.43 Å². The summed E-state index contributed by atoms with van der Waals surface area (Å²) in [5.74, 6) is 1.04. The molecule has 0 saturated carbocycles. The third-order valence-electron chi connectivity index (χ3n) is 3.32. The third kappa shape index (κ3) is 3.28. The number of fused-ring (bicyclic) bond motifs is 1. The number of rotatable bonds is 4. The standard InChI is InChI=1S/C18H13BrClO3/c1-2-8-22-16-9-11(19)6-7-13(16)17-10-15(21)12-4-3-5-14(20)18(12)23-17/h3-7,9-10H,1-2,8H2. The van der Waals surface area contributed by atoms with Crippen molar-refractivity contribution in [1.29, 1.82) is 0 Å². The SMILES string of the molecule is [CH2]CCOc1cc(Br)ccc1-c1cc(=O)c2cccc(Cl)c2o1. The number of benzene rings is 2. The molecule has 3 aromatic rings. The van der Waals surface area contributed by atoms with Gasteiger partial charge in [0, 0.05) is 10.5 Å². The number of ether oxygens (including phenoxy) is 1. The summed E-state index contributed by atoms with van der Waals surface area (Å²) < 4.78 is 12.5. The van der Waals surface area contributed by atoms with Gasteiger partial charge < -0.3 is 9.15 Å². The molecule has 2 aromatic carbocycles. The molecule has 0 saturated heterocycles. The van der Waals surface area contributed by atoms with Crippen molar-refractivity contribution in [3.63, 3.8) is 0 Å². The lowest BCUT2D eigenvalue weighted by Crippen LogP contribution is -2.02. The molecule has 5 heteroatoms. The van der Waals surface area contributed by atoms with Gasteiger partial charge in [0.1, 0.15) is 11.5 Å². The number of halogens is 2. The van der Waals surface area contributed by atoms with Crippen LogP contribution < -0.4 is 10.2 Å². The van der Waals surface area contributed by atoms with Gasteiger partial charge in [-0.15, -0.1) is 0 Å². The minimum absolute atomic E-state index is 0.144. The van der Waals surface area contributed by atoms with Crippen molar-refractivity contribution >= 4 is 38.5 Å². The second-order valence-electron chi connectivity index (χ2n) is 4.93. The molecule has 0 spiro atoms. The lowest BCUT2D eigenvalue weighted by molar-refractivity contribution is 0.324. The highest BCUT2D eigenvalue weighted by Gasteiger charge is 2.13. The van der Waals surface area contributed by atoms with Crippen LogP contribution in [0.15, 0.2) is 56.1 Å². The average Bonchev–Trinajstić information content (AvgIpc) is 2.54. The van der Waals surface area contributed by atoms with Gasteiger partial charge in [-0.3, -0.25) is 4.79 Å². The van der Waals surface area contributed by atoms with E-state index in [9.17, 15) is 4.79 Å². The van der Waals surface area contributed by atoms with Crippen molar-refractivity contribution in [2.75, 3.05) is 6.61 Å². The van der Waals surface area contributed by atoms with Gasteiger partial charge in [0.15, 0.2) is 11.0 Å². The summed E-state index contributed by atoms with van der Waals surface area (Å²) in [5, 5.41) is 0.859. The highest BCUT2D eigenvalue weighted by Crippen LogP contribution is 2.34. The van der Waals surface area contributed by atoms with Crippen molar-refractivity contribution < 1.29 is 9.15 Å². The van der Waals surface area contributed by atoms with Crippen LogP contribution in [0.2, 0.25) is 5.02 Å². The first-order chi connectivity index (χ1) is 11.1. The van der Waals surface area contributed by atoms with Crippen LogP contribution in [0.3, 0.4) is 0 Å². The molecule has 3 rings (SSSR count). The summed E-state index contributed by atoms with van der Waals surface area (Å²) in [7, 11) is 0. The maximum atomic E-state index is 12.3. The fourth-order valence-electron chi connectivity index (χ4n) is 2.28. The molecule has 0 bridgehead atoms. The molecule has 1 aromatic heterocycles. The van der Waals surface area contributed by atoms with Gasteiger partial charge in [0.05, 0.1) is 22.6 Å². The Morgan fingerprint density at radius 3 is 2.83 bits per heavy atom. The Bertz CT molecular complexity index is 918. The van der Waals surface area contributed by atoms with Crippen LogP contribution in [0.25, 0.3) is 22.3 Å². The number of hydrogen-bond donors (Lipinski definition) is 0. The minimum Gasteiger partial charge on any atom is -0.493 e. The molecular formula is C18H13BrClO3. The molecule has 0 aliphatic rings. The Hall–Kier alpha value is -1.78. The quantitative estimate of drug-likeness (QED) is 0.590. The molecule has 0 amide bonds. The molecule has 1 heterocycles. The van der Waals surface area contributed by atoms with Gasteiger partial charge >= 0.3 is 0 Å². The molecule has 0 unspecified atom stereocenters. The van der Waals surface area contributed by atoms with E-state index in [1.54, 1.807) is 18.2 Å². The van der Waals surface area contributed by atoms with E-state index < -0.39 is 0 Å². The van der Waals surface area contributed by atoms with Gasteiger partial charge in [-0.25, -0.2) is 0 Å². The second kappa shape index (κ2) is 6.77. The third-order valence-corrected chi connectivity index (χ3v) is 4.11. The van der Waals surface area contributed by atoms with Crippen molar-refractivity contribution in [3.8, 4) is 17.1 Å². The highest BCUT2D eigenvalue weighted by atomic mass is 79.9. The zero-order chi connectivity index (χ0) is 16.4. The van der Waals surface area contributed by atoms with Crippen LogP contribution in [-0.4, -0.2) is 6.61 Å². The average molecular weight is 393 g/mol. The molecule has 3 nitrogen and oxygen atoms in total. The molecule has 0 aliphatic carbocycles. The summed E-state index contributed by atoms with van der Waals surface area (Å²) in [5.41, 5.74) is 0.929. The van der Waals surface area contributed by atoms with Crippen molar-refractivity contribution in [2.24, 2.45) is 0 Å². The molecule has 0 fully saturated rings. The highest BCUT2D eigenvalue weighted by molar-refractivity contribution is 9.10. The largest absolute Gasteiger partial charge is 0.493 e. The van der Waals surface area contributed by atoms with E-state index in [4.69, 9.17) is 20.8 Å². The fraction of sp³-hybridized carbons (Fsp3) is 0.111. The first-order valence-corrected chi connectivity index (χ1v) is 8.21. The van der Waals surface area contributed by atoms with Crippen LogP contribution >= 0.6 is 27.5 Å². The van der Waals surface area contributed by atoms with Gasteiger partial charge in [-0.2, -0.15) is 0 Å². The summed E-state index contributed by atoms with van der Waals surface area (Å²) in [6.45, 7) is 4.24. The molecular weight excluding hydrogens is 380 g/mol. The molecule has 1 radical (unpaired) electrons. The Kier molecular flexibility index (Phi) is 4.74. The fourth-order valence-corrected chi connectivity index (χ4v) is 2.83. The minimum atomic E-state index is -0.144. The molecule has 23 heavy (non-hydrogen) atoms. The molecule has 0 atom stereocenters. The maximum absolute atomic E-state index is 12.3. The lowest BCUT2D eigenvalue weighted by Gasteiger charge is -2.11. The Morgan fingerprint density at radius 1 is 1.22 bits per heavy atom. The van der Waals surface area contributed by atoms with Crippen LogP contribution in [-0.2, 0) is 0 Å². The van der Waals surface area contributed by atoms with Gasteiger partial charge in [-0.05, 0) is 43.7 Å². The van der Waals surface area contributed by atoms with Crippen molar-refractivity contribution in [3.05, 3.63) is 69.1 Å². The summed E-state index contributed by atoms with van der Waals surface area (Å²) in [6, 6.07) is 12.1. The van der Waals surface area contributed by atoms with Crippen molar-refractivity contribution in [1.82, 2.24) is 0 Å². The second-order valence-corrected chi connectivity index (χ2v) is 6.26. The van der Waals surface area contributed by atoms with E-state index in [0.29, 0.717) is 46.1 Å². The van der Waals surface area contributed by atoms with Crippen LogP contribution in [0.1, 0.15) is 6.42 Å². The Balaban J connectivity index is 2.21. The predicted octanol–water partition coefficient (Wildman–Crippen LogP) is 5.48. The molecule has 117 valence electrons. The first-order valence-electron chi connectivity index (χ1n) is 7.04. The normalized spacial score (nSPS) is 10.9. The summed E-state index contributed by atoms with van der Waals surface area (Å²) in [6.07, 6.45) is 0.638. The summed E-state index contributed by atoms with van der Waals surface area (Å²) >= 11 is 9.57. The molecule has 0 N–H and O–H groups in total. The lowest BCUT2D eigenvalue weighted by atomic mass is 10.1. The van der Waals surface area contributed by atoms with Crippen LogP contribution in [0, 0.1) is 6.92 Å². The predicted molar refractivity (Wildman–Crippen MR) is 96.1 cm³/mol. The van der Waals surface area contributed by atoms with Crippen LogP contribution in [0.5, 0.6) is 5.75 Å². The van der Waals surface area contributed by atoms with E-state index >= 15 is 0 Å². The zero-order valence-corrected chi connectivity index (χ0v) is 14.5. The maximum Gasteiger partial charge on any atom is 0.193 e. The van der Waals surface area contributed by atoms with Gasteiger partial charge in [0.2, 0.25) is 0 Å². The number of para-hydroxylation sites is 1. The Labute approximate surface area is 147 Å². The van der Waals surface area contributed by atoms with E-state index in [2.05, 4.69) is 22.9 Å². The van der Waals surface area contributed by atoms with E-state index in [1.807, 2.05) is 18.2 Å².